The number of carbonyl (C=O) groups excluding carboxylic acids is 4. The Morgan fingerprint density at radius 1 is 0.769 bits per heavy atom. The van der Waals surface area contributed by atoms with Gasteiger partial charge < -0.3 is 25.4 Å². The Balaban J connectivity index is 2.06. The second kappa shape index (κ2) is 14.9. The molecule has 9 nitrogen and oxygen atoms in total. The topological polar surface area (TPSA) is 123 Å². The Kier molecular flexibility index (Phi) is 12.0. The molecule has 0 fully saturated rings. The Bertz CT molecular complexity index is 1080. The molecule has 212 valence electrons. The molecule has 0 heterocycles. The van der Waals surface area contributed by atoms with Crippen LogP contribution < -0.4 is 20.7 Å². The van der Waals surface area contributed by atoms with Crippen LogP contribution in [0.25, 0.3) is 0 Å². The first-order valence-corrected chi connectivity index (χ1v) is 13.2. The summed E-state index contributed by atoms with van der Waals surface area (Å²) in [5.41, 5.74) is 0.130. The molecule has 3 unspecified atom stereocenters. The van der Waals surface area contributed by atoms with Gasteiger partial charge in [-0.2, -0.15) is 0 Å². The lowest BCUT2D eigenvalue weighted by atomic mass is 10.0. The molecule has 0 saturated heterocycles. The molecular formula is C30H41N3O6. The predicted molar refractivity (Wildman–Crippen MR) is 149 cm³/mol. The summed E-state index contributed by atoms with van der Waals surface area (Å²) in [6.45, 7) is 10.4. The van der Waals surface area contributed by atoms with Gasteiger partial charge in [0.2, 0.25) is 11.8 Å². The first kappa shape index (κ1) is 31.3. The molecule has 0 aliphatic rings. The summed E-state index contributed by atoms with van der Waals surface area (Å²) in [5.74, 6) is -1.42. The molecule has 0 bridgehead atoms. The van der Waals surface area contributed by atoms with Crippen LogP contribution in [-0.2, 0) is 30.3 Å². The van der Waals surface area contributed by atoms with E-state index in [0.29, 0.717) is 12.2 Å². The van der Waals surface area contributed by atoms with Crippen LogP contribution in [0.2, 0.25) is 0 Å². The molecule has 2 aromatic rings. The second-order valence-corrected chi connectivity index (χ2v) is 10.9. The predicted octanol–water partition coefficient (Wildman–Crippen LogP) is 3.17. The average Bonchev–Trinajstić information content (AvgIpc) is 2.86. The number of benzene rings is 2. The van der Waals surface area contributed by atoms with E-state index in [2.05, 4.69) is 16.0 Å². The maximum Gasteiger partial charge on any atom is 0.329 e. The summed E-state index contributed by atoms with van der Waals surface area (Å²) in [7, 11) is 0. The quantitative estimate of drug-likeness (QED) is 0.336. The third kappa shape index (κ3) is 12.0. The summed E-state index contributed by atoms with van der Waals surface area (Å²) in [6, 6.07) is 15.3. The van der Waals surface area contributed by atoms with Crippen LogP contribution in [0.15, 0.2) is 60.7 Å². The molecule has 2 rings (SSSR count). The monoisotopic (exact) mass is 539 g/mol. The molecular weight excluding hydrogens is 498 g/mol. The Morgan fingerprint density at radius 3 is 1.92 bits per heavy atom. The standard InChI is InChI=1S/C30H41N3O6/c1-20(2)17-25(29(37)39-30(4,5)6)33-27(35)21(3)31-28(36)24(18-22-13-9-7-10-14-22)32-26(34)19-38-23-15-11-8-12-16-23/h7-16,20-21,24-25H,17-19H2,1-6H3,(H,31,36)(H,32,34)(H,33,35). The molecule has 9 heteroatoms. The van der Waals surface area contributed by atoms with Crippen molar-refractivity contribution in [3.8, 4) is 5.75 Å². The van der Waals surface area contributed by atoms with Crippen LogP contribution in [-0.4, -0.2) is 54.0 Å². The van der Waals surface area contributed by atoms with Crippen molar-refractivity contribution in [2.75, 3.05) is 6.61 Å². The van der Waals surface area contributed by atoms with E-state index < -0.39 is 47.4 Å². The van der Waals surface area contributed by atoms with E-state index in [0.717, 1.165) is 5.56 Å². The van der Waals surface area contributed by atoms with Gasteiger partial charge in [-0.3, -0.25) is 14.4 Å². The number of amides is 3. The smallest absolute Gasteiger partial charge is 0.329 e. The number of ether oxygens (including phenoxy) is 2. The highest BCUT2D eigenvalue weighted by Crippen LogP contribution is 2.13. The lowest BCUT2D eigenvalue weighted by Crippen LogP contribution is -2.56. The van der Waals surface area contributed by atoms with Gasteiger partial charge in [0.05, 0.1) is 0 Å². The fourth-order valence-electron chi connectivity index (χ4n) is 3.70. The number of hydrogen-bond acceptors (Lipinski definition) is 6. The molecule has 0 aromatic heterocycles. The van der Waals surface area contributed by atoms with Gasteiger partial charge in [-0.05, 0) is 57.7 Å². The van der Waals surface area contributed by atoms with Crippen molar-refractivity contribution in [2.24, 2.45) is 5.92 Å². The highest BCUT2D eigenvalue weighted by atomic mass is 16.6. The largest absolute Gasteiger partial charge is 0.484 e. The van der Waals surface area contributed by atoms with Gasteiger partial charge in [-0.1, -0.05) is 62.4 Å². The Hall–Kier alpha value is -3.88. The van der Waals surface area contributed by atoms with Gasteiger partial charge in [0.1, 0.15) is 29.5 Å². The number of rotatable bonds is 13. The van der Waals surface area contributed by atoms with Crippen molar-refractivity contribution < 1.29 is 28.7 Å². The Labute approximate surface area is 231 Å². The van der Waals surface area contributed by atoms with Crippen LogP contribution >= 0.6 is 0 Å². The fraction of sp³-hybridized carbons (Fsp3) is 0.467. The maximum atomic E-state index is 13.2. The molecule has 0 radical (unpaired) electrons. The Morgan fingerprint density at radius 2 is 1.36 bits per heavy atom. The van der Waals surface area contributed by atoms with E-state index in [4.69, 9.17) is 9.47 Å². The van der Waals surface area contributed by atoms with Gasteiger partial charge >= 0.3 is 5.97 Å². The fourth-order valence-corrected chi connectivity index (χ4v) is 3.70. The zero-order chi connectivity index (χ0) is 29.0. The highest BCUT2D eigenvalue weighted by Gasteiger charge is 2.30. The van der Waals surface area contributed by atoms with Gasteiger partial charge in [-0.25, -0.2) is 4.79 Å². The molecule has 0 saturated carbocycles. The average molecular weight is 540 g/mol. The number of esters is 1. The van der Waals surface area contributed by atoms with Crippen molar-refractivity contribution in [1.82, 2.24) is 16.0 Å². The van der Waals surface area contributed by atoms with Gasteiger partial charge in [0, 0.05) is 6.42 Å². The molecule has 2 aromatic carbocycles. The van der Waals surface area contributed by atoms with E-state index in [1.165, 1.54) is 6.92 Å². The third-order valence-electron chi connectivity index (χ3n) is 5.51. The number of hydrogen-bond donors (Lipinski definition) is 3. The van der Waals surface area contributed by atoms with Crippen LogP contribution in [0, 0.1) is 5.92 Å². The zero-order valence-electron chi connectivity index (χ0n) is 23.7. The third-order valence-corrected chi connectivity index (χ3v) is 5.51. The van der Waals surface area contributed by atoms with E-state index in [9.17, 15) is 19.2 Å². The van der Waals surface area contributed by atoms with Crippen molar-refractivity contribution in [3.05, 3.63) is 66.2 Å². The highest BCUT2D eigenvalue weighted by molar-refractivity contribution is 5.93. The molecule has 0 spiro atoms. The summed E-state index contributed by atoms with van der Waals surface area (Å²) < 4.78 is 11.0. The van der Waals surface area contributed by atoms with Gasteiger partial charge in [-0.15, -0.1) is 0 Å². The number of nitrogens with one attached hydrogen (secondary N) is 3. The van der Waals surface area contributed by atoms with Crippen LogP contribution in [0.3, 0.4) is 0 Å². The zero-order valence-corrected chi connectivity index (χ0v) is 23.7. The lowest BCUT2D eigenvalue weighted by Gasteiger charge is -2.27. The molecule has 3 amide bonds. The molecule has 3 atom stereocenters. The van der Waals surface area contributed by atoms with E-state index >= 15 is 0 Å². The maximum absolute atomic E-state index is 13.2. The summed E-state index contributed by atoms with van der Waals surface area (Å²) in [6.07, 6.45) is 0.599. The van der Waals surface area contributed by atoms with Gasteiger partial charge in [0.25, 0.3) is 5.91 Å². The van der Waals surface area contributed by atoms with Crippen molar-refractivity contribution in [2.45, 2.75) is 78.1 Å². The minimum absolute atomic E-state index is 0.122. The minimum atomic E-state index is -0.967. The molecule has 0 aliphatic carbocycles. The molecule has 3 N–H and O–H groups in total. The first-order valence-electron chi connectivity index (χ1n) is 13.2. The van der Waals surface area contributed by atoms with Crippen molar-refractivity contribution >= 4 is 23.7 Å². The summed E-state index contributed by atoms with van der Waals surface area (Å²) >= 11 is 0. The normalized spacial score (nSPS) is 13.5. The number of para-hydroxylation sites is 1. The SMILES string of the molecule is CC(C)CC(NC(=O)C(C)NC(=O)C(Cc1ccccc1)NC(=O)COc1ccccc1)C(=O)OC(C)(C)C. The molecule has 0 aliphatic heterocycles. The first-order chi connectivity index (χ1) is 18.3. The molecule has 39 heavy (non-hydrogen) atoms. The lowest BCUT2D eigenvalue weighted by molar-refractivity contribution is -0.159. The van der Waals surface area contributed by atoms with E-state index in [1.54, 1.807) is 45.0 Å². The van der Waals surface area contributed by atoms with Crippen molar-refractivity contribution in [3.63, 3.8) is 0 Å². The van der Waals surface area contributed by atoms with Crippen LogP contribution in [0.4, 0.5) is 0 Å². The van der Waals surface area contributed by atoms with Gasteiger partial charge in [0.15, 0.2) is 6.61 Å². The van der Waals surface area contributed by atoms with E-state index in [1.807, 2.05) is 50.2 Å². The van der Waals surface area contributed by atoms with Crippen LogP contribution in [0.5, 0.6) is 5.75 Å². The minimum Gasteiger partial charge on any atom is -0.484 e. The summed E-state index contributed by atoms with van der Waals surface area (Å²) in [4.78, 5) is 51.5. The summed E-state index contributed by atoms with van der Waals surface area (Å²) in [5, 5.41) is 8.08. The van der Waals surface area contributed by atoms with Crippen LogP contribution in [0.1, 0.15) is 53.5 Å². The second-order valence-electron chi connectivity index (χ2n) is 10.9. The van der Waals surface area contributed by atoms with Crippen molar-refractivity contribution in [1.29, 1.82) is 0 Å². The number of carbonyl (C=O) groups is 4. The van der Waals surface area contributed by atoms with E-state index in [-0.39, 0.29) is 18.9 Å².